The molecule has 0 saturated heterocycles. The number of allylic oxidation sites excluding steroid dienone is 3. The summed E-state index contributed by atoms with van der Waals surface area (Å²) < 4.78 is 0. The lowest BCUT2D eigenvalue weighted by Gasteiger charge is -2.31. The maximum atomic E-state index is 3.87. The molecule has 0 N–H and O–H groups in total. The Labute approximate surface area is 114 Å². The van der Waals surface area contributed by atoms with E-state index in [4.69, 9.17) is 0 Å². The van der Waals surface area contributed by atoms with Crippen LogP contribution in [0.25, 0.3) is 0 Å². The van der Waals surface area contributed by atoms with Gasteiger partial charge in [0.05, 0.1) is 0 Å². The molecule has 0 aliphatic heterocycles. The fourth-order valence-corrected chi connectivity index (χ4v) is 3.10. The minimum absolute atomic E-state index is 0.624. The van der Waals surface area contributed by atoms with Crippen molar-refractivity contribution in [3.8, 4) is 0 Å². The van der Waals surface area contributed by atoms with Gasteiger partial charge in [0.25, 0.3) is 0 Å². The molecule has 0 bridgehead atoms. The highest BCUT2D eigenvalue weighted by Gasteiger charge is 2.24. The molecule has 2 rings (SSSR count). The molecule has 0 nitrogen and oxygen atoms in total. The molecule has 3 atom stereocenters. The van der Waals surface area contributed by atoms with Crippen LogP contribution in [0.15, 0.2) is 38.0 Å². The molecule has 0 amide bonds. The number of rotatable bonds is 3. The van der Waals surface area contributed by atoms with Gasteiger partial charge in [0.2, 0.25) is 0 Å². The zero-order valence-corrected chi connectivity index (χ0v) is 11.9. The molecule has 18 heavy (non-hydrogen) atoms. The molecule has 2 fully saturated rings. The van der Waals surface area contributed by atoms with E-state index in [1.807, 2.05) is 0 Å². The van der Waals surface area contributed by atoms with Crippen molar-refractivity contribution in [1.82, 2.24) is 0 Å². The Morgan fingerprint density at radius 3 is 1.50 bits per heavy atom. The molecule has 2 saturated carbocycles. The minimum atomic E-state index is 0.624. The van der Waals surface area contributed by atoms with E-state index in [0.29, 0.717) is 17.8 Å². The van der Waals surface area contributed by atoms with Gasteiger partial charge in [0.1, 0.15) is 0 Å². The highest BCUT2D eigenvalue weighted by atomic mass is 14.3. The molecule has 0 heteroatoms. The molecule has 0 heterocycles. The first-order valence-electron chi connectivity index (χ1n) is 7.69. The van der Waals surface area contributed by atoms with E-state index in [1.54, 1.807) is 0 Å². The van der Waals surface area contributed by atoms with E-state index >= 15 is 0 Å². The maximum Gasteiger partial charge on any atom is -0.0168 e. The Hall–Kier alpha value is -0.780. The lowest BCUT2D eigenvalue weighted by molar-refractivity contribution is 0.288. The van der Waals surface area contributed by atoms with Crippen LogP contribution in [0.1, 0.15) is 57.8 Å². The zero-order chi connectivity index (χ0) is 13.2. The van der Waals surface area contributed by atoms with Crippen LogP contribution in [0.4, 0.5) is 0 Å². The quantitative estimate of drug-likeness (QED) is 0.542. The summed E-state index contributed by atoms with van der Waals surface area (Å²) in [6.45, 7) is 11.6. The topological polar surface area (TPSA) is 0 Å². The van der Waals surface area contributed by atoms with Crippen LogP contribution in [0.2, 0.25) is 0 Å². The normalized spacial score (nSPS) is 31.7. The summed E-state index contributed by atoms with van der Waals surface area (Å²) in [7, 11) is 0. The smallest absolute Gasteiger partial charge is 0.0168 e. The summed E-state index contributed by atoms with van der Waals surface area (Å²) in [6.07, 6.45) is 19.0. The average Bonchev–Trinajstić information content (AvgIpc) is 2.48. The summed E-state index contributed by atoms with van der Waals surface area (Å²) in [5, 5.41) is 0. The first-order chi connectivity index (χ1) is 8.81. The fraction of sp³-hybridized carbons (Fsp3) is 0.667. The van der Waals surface area contributed by atoms with Crippen LogP contribution in [-0.2, 0) is 0 Å². The first kappa shape index (κ1) is 15.3. The molecule has 0 radical (unpaired) electrons. The third-order valence-electron chi connectivity index (χ3n) is 4.43. The van der Waals surface area contributed by atoms with Gasteiger partial charge < -0.3 is 0 Å². The van der Waals surface area contributed by atoms with Gasteiger partial charge in [-0.1, -0.05) is 56.8 Å². The third kappa shape index (κ3) is 5.25. The molecule has 0 aromatic carbocycles. The second kappa shape index (κ2) is 9.19. The zero-order valence-electron chi connectivity index (χ0n) is 11.9. The van der Waals surface area contributed by atoms with Crippen molar-refractivity contribution in [2.45, 2.75) is 57.8 Å². The number of hydrogen-bond donors (Lipinski definition) is 0. The van der Waals surface area contributed by atoms with Crippen LogP contribution < -0.4 is 0 Å². The third-order valence-corrected chi connectivity index (χ3v) is 4.43. The van der Waals surface area contributed by atoms with Crippen molar-refractivity contribution in [3.05, 3.63) is 38.0 Å². The van der Waals surface area contributed by atoms with E-state index in [0.717, 1.165) is 0 Å². The first-order valence-corrected chi connectivity index (χ1v) is 7.69. The molecule has 0 aromatic rings. The summed E-state index contributed by atoms with van der Waals surface area (Å²) in [4.78, 5) is 0. The predicted molar refractivity (Wildman–Crippen MR) is 82.6 cm³/mol. The van der Waals surface area contributed by atoms with Crippen molar-refractivity contribution in [3.63, 3.8) is 0 Å². The molecule has 2 aliphatic rings. The van der Waals surface area contributed by atoms with E-state index in [9.17, 15) is 0 Å². The SMILES string of the molecule is C1CCCCC1.C=CC1CCC(C=C)C(C=C)C1. The van der Waals surface area contributed by atoms with Crippen LogP contribution >= 0.6 is 0 Å². The van der Waals surface area contributed by atoms with Crippen LogP contribution in [0.3, 0.4) is 0 Å². The van der Waals surface area contributed by atoms with Crippen LogP contribution in [-0.4, -0.2) is 0 Å². The van der Waals surface area contributed by atoms with E-state index in [2.05, 4.69) is 38.0 Å². The molecular formula is C18H30. The summed E-state index contributed by atoms with van der Waals surface area (Å²) in [6, 6.07) is 0. The molecular weight excluding hydrogens is 216 g/mol. The average molecular weight is 246 g/mol. The summed E-state index contributed by atoms with van der Waals surface area (Å²) >= 11 is 0. The van der Waals surface area contributed by atoms with Crippen molar-refractivity contribution in [2.75, 3.05) is 0 Å². The van der Waals surface area contributed by atoms with Crippen molar-refractivity contribution >= 4 is 0 Å². The van der Waals surface area contributed by atoms with E-state index in [-0.39, 0.29) is 0 Å². The monoisotopic (exact) mass is 246 g/mol. The van der Waals surface area contributed by atoms with E-state index < -0.39 is 0 Å². The van der Waals surface area contributed by atoms with Crippen molar-refractivity contribution in [1.29, 1.82) is 0 Å². The Morgan fingerprint density at radius 1 is 0.611 bits per heavy atom. The largest absolute Gasteiger partial charge is 0.103 e. The standard InChI is InChI=1S/C12H18.C6H12/c1-4-10-7-8-11(5-2)12(6-3)9-10;1-2-4-6-5-3-1/h4-6,10-12H,1-3,7-9H2;1-6H2. The van der Waals surface area contributed by atoms with Crippen LogP contribution in [0.5, 0.6) is 0 Å². The summed E-state index contributed by atoms with van der Waals surface area (Å²) in [5.74, 6) is 1.97. The lowest BCUT2D eigenvalue weighted by atomic mass is 9.74. The molecule has 3 unspecified atom stereocenters. The van der Waals surface area contributed by atoms with Gasteiger partial charge in [-0.15, -0.1) is 19.7 Å². The Bertz CT molecular complexity index is 235. The maximum absolute atomic E-state index is 3.87. The van der Waals surface area contributed by atoms with Gasteiger partial charge in [0.15, 0.2) is 0 Å². The Kier molecular flexibility index (Phi) is 7.80. The lowest BCUT2D eigenvalue weighted by Crippen LogP contribution is -2.20. The Balaban J connectivity index is 0.000000225. The van der Waals surface area contributed by atoms with Gasteiger partial charge in [-0.2, -0.15) is 0 Å². The van der Waals surface area contributed by atoms with Gasteiger partial charge in [-0.3, -0.25) is 0 Å². The molecule has 0 spiro atoms. The summed E-state index contributed by atoms with van der Waals surface area (Å²) in [5.41, 5.74) is 0. The molecule has 102 valence electrons. The van der Waals surface area contributed by atoms with Gasteiger partial charge in [-0.05, 0) is 37.0 Å². The van der Waals surface area contributed by atoms with Crippen molar-refractivity contribution < 1.29 is 0 Å². The fourth-order valence-electron chi connectivity index (χ4n) is 3.10. The predicted octanol–water partition coefficient (Wildman–Crippen LogP) is 5.92. The van der Waals surface area contributed by atoms with Gasteiger partial charge >= 0.3 is 0 Å². The molecule has 2 aliphatic carbocycles. The number of hydrogen-bond acceptors (Lipinski definition) is 0. The molecule has 0 aromatic heterocycles. The van der Waals surface area contributed by atoms with Gasteiger partial charge in [0, 0.05) is 0 Å². The minimum Gasteiger partial charge on any atom is -0.103 e. The highest BCUT2D eigenvalue weighted by molar-refractivity contribution is 4.99. The van der Waals surface area contributed by atoms with Crippen LogP contribution in [0, 0.1) is 17.8 Å². The second-order valence-corrected chi connectivity index (χ2v) is 5.73. The van der Waals surface area contributed by atoms with Gasteiger partial charge in [-0.25, -0.2) is 0 Å². The second-order valence-electron chi connectivity index (χ2n) is 5.73. The Morgan fingerprint density at radius 2 is 1.11 bits per heavy atom. The highest BCUT2D eigenvalue weighted by Crippen LogP contribution is 2.35. The van der Waals surface area contributed by atoms with Crippen molar-refractivity contribution in [2.24, 2.45) is 17.8 Å². The van der Waals surface area contributed by atoms with E-state index in [1.165, 1.54) is 57.8 Å².